The van der Waals surface area contributed by atoms with E-state index in [9.17, 15) is 4.79 Å². The molecule has 0 spiro atoms. The molecular formula is C8H16N2O2. The van der Waals surface area contributed by atoms with E-state index in [0.29, 0.717) is 0 Å². The first-order valence-electron chi connectivity index (χ1n) is 4.12. The molecule has 0 aromatic heterocycles. The van der Waals surface area contributed by atoms with Crippen LogP contribution >= 0.6 is 0 Å². The molecule has 2 atom stereocenters. The van der Waals surface area contributed by atoms with Crippen LogP contribution in [0.1, 0.15) is 27.2 Å². The summed E-state index contributed by atoms with van der Waals surface area (Å²) in [4.78, 5) is 10.3. The minimum Gasteiger partial charge on any atom is -0.445 e. The maximum Gasteiger partial charge on any atom is 0.404 e. The second-order valence-electron chi connectivity index (χ2n) is 4.21. The lowest BCUT2D eigenvalue weighted by molar-refractivity contribution is 0.143. The summed E-state index contributed by atoms with van der Waals surface area (Å²) < 4.78 is 4.80. The molecule has 0 aliphatic heterocycles. The van der Waals surface area contributed by atoms with E-state index in [1.807, 2.05) is 0 Å². The molecule has 12 heavy (non-hydrogen) atoms. The van der Waals surface area contributed by atoms with Crippen LogP contribution in [0.5, 0.6) is 0 Å². The van der Waals surface area contributed by atoms with Crippen molar-refractivity contribution >= 4 is 6.09 Å². The topological polar surface area (TPSA) is 64.3 Å². The summed E-state index contributed by atoms with van der Waals surface area (Å²) in [7, 11) is 0. The van der Waals surface area contributed by atoms with Gasteiger partial charge in [0.05, 0.1) is 0 Å². The Bertz CT molecular complexity index is 186. The van der Waals surface area contributed by atoms with Crippen molar-refractivity contribution in [2.45, 2.75) is 44.9 Å². The van der Waals surface area contributed by atoms with E-state index in [1.54, 1.807) is 0 Å². The fraction of sp³-hybridized carbons (Fsp3) is 0.875. The molecule has 0 heterocycles. The largest absolute Gasteiger partial charge is 0.445 e. The van der Waals surface area contributed by atoms with Crippen molar-refractivity contribution in [3.8, 4) is 0 Å². The highest BCUT2D eigenvalue weighted by Gasteiger charge is 2.42. The van der Waals surface area contributed by atoms with Crippen LogP contribution in [0.2, 0.25) is 0 Å². The number of primary amides is 1. The molecule has 3 N–H and O–H groups in total. The average Bonchev–Trinajstić information content (AvgIpc) is 2.40. The summed E-state index contributed by atoms with van der Waals surface area (Å²) in [5, 5.41) is 3.32. The molecule has 4 nitrogen and oxygen atoms in total. The molecule has 0 saturated heterocycles. The molecule has 1 saturated carbocycles. The number of amides is 1. The number of carbonyl (C=O) groups is 1. The number of rotatable bonds is 2. The van der Waals surface area contributed by atoms with Gasteiger partial charge in [-0.25, -0.2) is 4.79 Å². The van der Waals surface area contributed by atoms with Crippen LogP contribution in [-0.2, 0) is 4.74 Å². The molecule has 1 fully saturated rings. The lowest BCUT2D eigenvalue weighted by Gasteiger charge is -2.20. The summed E-state index contributed by atoms with van der Waals surface area (Å²) in [6.45, 7) is 6.23. The fourth-order valence-electron chi connectivity index (χ4n) is 1.16. The van der Waals surface area contributed by atoms with E-state index in [-0.39, 0.29) is 17.7 Å². The number of nitrogens with two attached hydrogens (primary N) is 1. The molecule has 0 radical (unpaired) electrons. The zero-order valence-corrected chi connectivity index (χ0v) is 7.76. The van der Waals surface area contributed by atoms with Gasteiger partial charge in [-0.05, 0) is 20.8 Å². The molecule has 0 bridgehead atoms. The third-order valence-electron chi connectivity index (χ3n) is 1.62. The number of carbonyl (C=O) groups excluding carboxylic acids is 1. The summed E-state index contributed by atoms with van der Waals surface area (Å²) in [6.07, 6.45) is 0.181. The van der Waals surface area contributed by atoms with Gasteiger partial charge in [-0.15, -0.1) is 0 Å². The molecule has 1 amide bonds. The lowest BCUT2D eigenvalue weighted by Crippen LogP contribution is -2.39. The van der Waals surface area contributed by atoms with Crippen molar-refractivity contribution in [2.75, 3.05) is 0 Å². The van der Waals surface area contributed by atoms with Crippen LogP contribution in [0.15, 0.2) is 0 Å². The second-order valence-corrected chi connectivity index (χ2v) is 4.21. The zero-order chi connectivity index (χ0) is 9.35. The lowest BCUT2D eigenvalue weighted by atomic mass is 10.1. The van der Waals surface area contributed by atoms with E-state index < -0.39 is 6.09 Å². The first kappa shape index (κ1) is 9.32. The molecule has 1 aliphatic rings. The van der Waals surface area contributed by atoms with Gasteiger partial charge in [-0.2, -0.15) is 0 Å². The molecule has 0 aromatic rings. The van der Waals surface area contributed by atoms with Crippen molar-refractivity contribution in [3.63, 3.8) is 0 Å². The number of ether oxygens (including phenoxy) is 1. The minimum atomic E-state index is -0.682. The third kappa shape index (κ3) is 3.09. The number of hydrogen-bond donors (Lipinski definition) is 2. The third-order valence-corrected chi connectivity index (χ3v) is 1.62. The zero-order valence-electron chi connectivity index (χ0n) is 7.76. The van der Waals surface area contributed by atoms with E-state index in [2.05, 4.69) is 26.1 Å². The van der Waals surface area contributed by atoms with E-state index in [0.717, 1.165) is 6.42 Å². The van der Waals surface area contributed by atoms with Gasteiger partial charge in [0.2, 0.25) is 0 Å². The molecule has 4 heteroatoms. The van der Waals surface area contributed by atoms with Gasteiger partial charge in [0, 0.05) is 18.0 Å². The Morgan fingerprint density at radius 1 is 1.58 bits per heavy atom. The smallest absolute Gasteiger partial charge is 0.404 e. The van der Waals surface area contributed by atoms with Crippen molar-refractivity contribution in [3.05, 3.63) is 0 Å². The van der Waals surface area contributed by atoms with Crippen molar-refractivity contribution in [1.82, 2.24) is 5.32 Å². The van der Waals surface area contributed by atoms with Crippen LogP contribution < -0.4 is 11.1 Å². The van der Waals surface area contributed by atoms with E-state index >= 15 is 0 Å². The predicted molar refractivity (Wildman–Crippen MR) is 45.8 cm³/mol. The van der Waals surface area contributed by atoms with Gasteiger partial charge in [0.15, 0.2) is 0 Å². The van der Waals surface area contributed by atoms with Gasteiger partial charge < -0.3 is 15.8 Å². The molecule has 70 valence electrons. The minimum absolute atomic E-state index is 0.0123. The van der Waals surface area contributed by atoms with Gasteiger partial charge in [-0.3, -0.25) is 0 Å². The maximum atomic E-state index is 10.3. The highest BCUT2D eigenvalue weighted by molar-refractivity contribution is 5.65. The average molecular weight is 172 g/mol. The molecule has 0 unspecified atom stereocenters. The van der Waals surface area contributed by atoms with Gasteiger partial charge in [0.1, 0.15) is 6.10 Å². The Morgan fingerprint density at radius 2 is 2.17 bits per heavy atom. The number of nitrogens with one attached hydrogen (secondary N) is 1. The Morgan fingerprint density at radius 3 is 2.58 bits per heavy atom. The normalized spacial score (nSPS) is 28.2. The van der Waals surface area contributed by atoms with Crippen LogP contribution in [0.4, 0.5) is 4.79 Å². The van der Waals surface area contributed by atoms with Crippen LogP contribution in [0.3, 0.4) is 0 Å². The number of hydrogen-bond acceptors (Lipinski definition) is 3. The van der Waals surface area contributed by atoms with Crippen LogP contribution in [-0.4, -0.2) is 23.8 Å². The van der Waals surface area contributed by atoms with Gasteiger partial charge in [0.25, 0.3) is 0 Å². The summed E-state index contributed by atoms with van der Waals surface area (Å²) in [6, 6.07) is 0.289. The van der Waals surface area contributed by atoms with E-state index in [1.165, 1.54) is 0 Å². The molecular weight excluding hydrogens is 156 g/mol. The summed E-state index contributed by atoms with van der Waals surface area (Å²) >= 11 is 0. The maximum absolute atomic E-state index is 10.3. The first-order chi connectivity index (χ1) is 5.38. The van der Waals surface area contributed by atoms with Crippen molar-refractivity contribution in [1.29, 1.82) is 0 Å². The Hall–Kier alpha value is -0.770. The fourth-order valence-corrected chi connectivity index (χ4v) is 1.16. The van der Waals surface area contributed by atoms with E-state index in [4.69, 9.17) is 10.5 Å². The Kier molecular flexibility index (Phi) is 2.28. The summed E-state index contributed by atoms with van der Waals surface area (Å²) in [5.74, 6) is 0. The molecule has 1 rings (SSSR count). The Labute approximate surface area is 72.5 Å². The Balaban J connectivity index is 2.20. The van der Waals surface area contributed by atoms with Gasteiger partial charge >= 0.3 is 6.09 Å². The van der Waals surface area contributed by atoms with Crippen molar-refractivity contribution < 1.29 is 9.53 Å². The SMILES string of the molecule is CC(C)(C)N[C@@H]1C[C@H]1OC(N)=O. The monoisotopic (exact) mass is 172 g/mol. The highest BCUT2D eigenvalue weighted by atomic mass is 16.6. The van der Waals surface area contributed by atoms with Crippen molar-refractivity contribution in [2.24, 2.45) is 5.73 Å². The quantitative estimate of drug-likeness (QED) is 0.641. The molecule has 0 aromatic carbocycles. The first-order valence-corrected chi connectivity index (χ1v) is 4.12. The highest BCUT2D eigenvalue weighted by Crippen LogP contribution is 2.27. The van der Waals surface area contributed by atoms with Crippen LogP contribution in [0.25, 0.3) is 0 Å². The standard InChI is InChI=1S/C8H16N2O2/c1-8(2,3)10-5-4-6(5)12-7(9)11/h5-6,10H,4H2,1-3H3,(H2,9,11)/t5-,6-/m1/s1. The summed E-state index contributed by atoms with van der Waals surface area (Å²) in [5.41, 5.74) is 4.94. The predicted octanol–water partition coefficient (Wildman–Crippen LogP) is 0.611. The van der Waals surface area contributed by atoms with Crippen LogP contribution in [0, 0.1) is 0 Å². The molecule has 1 aliphatic carbocycles. The van der Waals surface area contributed by atoms with Gasteiger partial charge in [-0.1, -0.05) is 0 Å². The second kappa shape index (κ2) is 2.94.